The average molecular weight is 332 g/mol. The number of aromatic nitrogens is 2. The lowest BCUT2D eigenvalue weighted by atomic mass is 10.2. The highest BCUT2D eigenvalue weighted by Crippen LogP contribution is 2.34. The van der Waals surface area contributed by atoms with E-state index in [0.29, 0.717) is 29.9 Å². The molecule has 0 spiro atoms. The quantitative estimate of drug-likeness (QED) is 0.473. The molecule has 1 aliphatic rings. The molecular formula is C16H16N2O4S. The molecule has 1 atom stereocenters. The number of para-hydroxylation sites is 1. The Hall–Kier alpha value is -2.28. The molecule has 0 fully saturated rings. The summed E-state index contributed by atoms with van der Waals surface area (Å²) >= 11 is 1.26. The van der Waals surface area contributed by atoms with Crippen molar-refractivity contribution in [3.05, 3.63) is 42.2 Å². The highest BCUT2D eigenvalue weighted by Gasteiger charge is 2.20. The van der Waals surface area contributed by atoms with Crippen LogP contribution in [0.25, 0.3) is 0 Å². The molecule has 6 nitrogen and oxygen atoms in total. The summed E-state index contributed by atoms with van der Waals surface area (Å²) in [6.07, 6.45) is 3.28. The van der Waals surface area contributed by atoms with E-state index < -0.39 is 5.25 Å². The Morgan fingerprint density at radius 2 is 2.04 bits per heavy atom. The molecule has 0 radical (unpaired) electrons. The van der Waals surface area contributed by atoms with E-state index in [2.05, 4.69) is 9.97 Å². The molecule has 1 aromatic carbocycles. The van der Waals surface area contributed by atoms with Gasteiger partial charge in [0.1, 0.15) is 25.1 Å². The Morgan fingerprint density at radius 1 is 1.26 bits per heavy atom. The van der Waals surface area contributed by atoms with Crippen LogP contribution in [0.3, 0.4) is 0 Å². The van der Waals surface area contributed by atoms with E-state index in [1.54, 1.807) is 25.4 Å². The first-order valence-corrected chi connectivity index (χ1v) is 8.10. The van der Waals surface area contributed by atoms with Gasteiger partial charge in [-0.15, -0.1) is 0 Å². The normalized spacial score (nSPS) is 14.1. The van der Waals surface area contributed by atoms with Crippen LogP contribution in [0.1, 0.15) is 12.5 Å². The fourth-order valence-electron chi connectivity index (χ4n) is 2.07. The number of benzene rings is 1. The molecule has 0 bridgehead atoms. The molecule has 2 heterocycles. The molecule has 0 aliphatic carbocycles. The molecule has 120 valence electrons. The predicted octanol–water partition coefficient (Wildman–Crippen LogP) is 2.47. The van der Waals surface area contributed by atoms with Crippen LogP contribution in [0.15, 0.2) is 41.8 Å². The van der Waals surface area contributed by atoms with Crippen molar-refractivity contribution in [1.82, 2.24) is 9.97 Å². The first kappa shape index (κ1) is 15.6. The molecular weight excluding hydrogens is 316 g/mol. The maximum absolute atomic E-state index is 12.1. The number of fused-ring (bicyclic) bond motifs is 1. The summed E-state index contributed by atoms with van der Waals surface area (Å²) in [7, 11) is 0. The second kappa shape index (κ2) is 7.32. The molecule has 7 heteroatoms. The number of rotatable bonds is 5. The van der Waals surface area contributed by atoms with Crippen molar-refractivity contribution in [2.24, 2.45) is 0 Å². The number of hydrogen-bond acceptors (Lipinski definition) is 7. The van der Waals surface area contributed by atoms with Gasteiger partial charge in [0.05, 0.1) is 0 Å². The van der Waals surface area contributed by atoms with Crippen molar-refractivity contribution in [2.45, 2.75) is 23.9 Å². The first-order chi connectivity index (χ1) is 11.2. The van der Waals surface area contributed by atoms with E-state index in [-0.39, 0.29) is 12.6 Å². The summed E-state index contributed by atoms with van der Waals surface area (Å²) in [5.41, 5.74) is 0.795. The third-order valence-corrected chi connectivity index (χ3v) is 4.14. The predicted molar refractivity (Wildman–Crippen MR) is 84.6 cm³/mol. The monoisotopic (exact) mass is 332 g/mol. The van der Waals surface area contributed by atoms with Gasteiger partial charge in [-0.05, 0) is 19.1 Å². The standard InChI is InChI=1S/C16H16N2O4S/c1-11(23-16-17-6-3-7-18-16)15(19)22-10-12-4-2-5-13-14(12)21-9-8-20-13/h2-7,11H,8-10H2,1H3. The number of hydrogen-bond donors (Lipinski definition) is 0. The number of ether oxygens (including phenoxy) is 3. The largest absolute Gasteiger partial charge is 0.486 e. The number of carbonyl (C=O) groups excluding carboxylic acids is 1. The molecule has 0 N–H and O–H groups in total. The van der Waals surface area contributed by atoms with Crippen LogP contribution in [-0.4, -0.2) is 34.4 Å². The number of carbonyl (C=O) groups is 1. The molecule has 0 saturated heterocycles. The van der Waals surface area contributed by atoms with E-state index in [9.17, 15) is 4.79 Å². The SMILES string of the molecule is CC(Sc1ncccn1)C(=O)OCc1cccc2c1OCCO2. The molecule has 23 heavy (non-hydrogen) atoms. The molecule has 0 amide bonds. The highest BCUT2D eigenvalue weighted by molar-refractivity contribution is 8.00. The van der Waals surface area contributed by atoms with Gasteiger partial charge in [0.15, 0.2) is 16.7 Å². The van der Waals surface area contributed by atoms with Gasteiger partial charge in [-0.3, -0.25) is 4.79 Å². The van der Waals surface area contributed by atoms with E-state index in [1.807, 2.05) is 18.2 Å². The van der Waals surface area contributed by atoms with E-state index in [0.717, 1.165) is 5.56 Å². The molecule has 3 rings (SSSR count). The Labute approximate surface area is 138 Å². The number of thioether (sulfide) groups is 1. The summed E-state index contributed by atoms with van der Waals surface area (Å²) in [6.45, 7) is 2.94. The lowest BCUT2D eigenvalue weighted by Gasteiger charge is -2.21. The maximum Gasteiger partial charge on any atom is 0.319 e. The number of nitrogens with zero attached hydrogens (tertiary/aromatic N) is 2. The van der Waals surface area contributed by atoms with Crippen LogP contribution < -0.4 is 9.47 Å². The highest BCUT2D eigenvalue weighted by atomic mass is 32.2. The Bertz CT molecular complexity index is 681. The summed E-state index contributed by atoms with van der Waals surface area (Å²) in [6, 6.07) is 7.28. The van der Waals surface area contributed by atoms with Crippen molar-refractivity contribution in [1.29, 1.82) is 0 Å². The van der Waals surface area contributed by atoms with Crippen molar-refractivity contribution in [3.63, 3.8) is 0 Å². The fraction of sp³-hybridized carbons (Fsp3) is 0.312. The summed E-state index contributed by atoms with van der Waals surface area (Å²) < 4.78 is 16.5. The topological polar surface area (TPSA) is 70.5 Å². The van der Waals surface area contributed by atoms with E-state index >= 15 is 0 Å². The zero-order valence-electron chi connectivity index (χ0n) is 12.6. The minimum atomic E-state index is -0.394. The van der Waals surface area contributed by atoms with Gasteiger partial charge >= 0.3 is 5.97 Å². The molecule has 1 aromatic heterocycles. The zero-order chi connectivity index (χ0) is 16.1. The Kier molecular flexibility index (Phi) is 4.97. The zero-order valence-corrected chi connectivity index (χ0v) is 13.4. The van der Waals surface area contributed by atoms with Crippen LogP contribution >= 0.6 is 11.8 Å². The number of esters is 1. The van der Waals surface area contributed by atoms with Gasteiger partial charge in [0.2, 0.25) is 0 Å². The molecule has 1 aliphatic heterocycles. The lowest BCUT2D eigenvalue weighted by molar-refractivity contribution is -0.144. The first-order valence-electron chi connectivity index (χ1n) is 7.22. The Morgan fingerprint density at radius 3 is 2.87 bits per heavy atom. The van der Waals surface area contributed by atoms with Crippen LogP contribution in [0.2, 0.25) is 0 Å². The third kappa shape index (κ3) is 3.92. The average Bonchev–Trinajstić information content (AvgIpc) is 2.60. The maximum atomic E-state index is 12.1. The Balaban J connectivity index is 1.59. The molecule has 1 unspecified atom stereocenters. The van der Waals surface area contributed by atoms with E-state index in [4.69, 9.17) is 14.2 Å². The lowest BCUT2D eigenvalue weighted by Crippen LogP contribution is -2.19. The van der Waals surface area contributed by atoms with Gasteiger partial charge in [-0.1, -0.05) is 23.9 Å². The fourth-order valence-corrected chi connectivity index (χ4v) is 2.79. The van der Waals surface area contributed by atoms with E-state index in [1.165, 1.54) is 11.8 Å². The minimum absolute atomic E-state index is 0.145. The smallest absolute Gasteiger partial charge is 0.319 e. The molecule has 2 aromatic rings. The summed E-state index contributed by atoms with van der Waals surface area (Å²) in [5, 5.41) is 0.153. The second-order valence-electron chi connectivity index (χ2n) is 4.84. The van der Waals surface area contributed by atoms with Crippen molar-refractivity contribution >= 4 is 17.7 Å². The van der Waals surface area contributed by atoms with Crippen LogP contribution in [-0.2, 0) is 16.1 Å². The van der Waals surface area contributed by atoms with Gasteiger partial charge < -0.3 is 14.2 Å². The van der Waals surface area contributed by atoms with Crippen molar-refractivity contribution < 1.29 is 19.0 Å². The minimum Gasteiger partial charge on any atom is -0.486 e. The summed E-state index contributed by atoms with van der Waals surface area (Å²) in [4.78, 5) is 20.3. The second-order valence-corrected chi connectivity index (χ2v) is 6.15. The van der Waals surface area contributed by atoms with Crippen molar-refractivity contribution in [2.75, 3.05) is 13.2 Å². The molecule has 0 saturated carbocycles. The van der Waals surface area contributed by atoms with Crippen molar-refractivity contribution in [3.8, 4) is 11.5 Å². The van der Waals surface area contributed by atoms with Gasteiger partial charge in [0.25, 0.3) is 0 Å². The van der Waals surface area contributed by atoms with Crippen LogP contribution in [0.5, 0.6) is 11.5 Å². The summed E-state index contributed by atoms with van der Waals surface area (Å²) in [5.74, 6) is 1.01. The van der Waals surface area contributed by atoms with Gasteiger partial charge in [0, 0.05) is 18.0 Å². The van der Waals surface area contributed by atoms with Gasteiger partial charge in [-0.2, -0.15) is 0 Å². The third-order valence-electron chi connectivity index (χ3n) is 3.17. The van der Waals surface area contributed by atoms with Crippen LogP contribution in [0, 0.1) is 0 Å². The van der Waals surface area contributed by atoms with Gasteiger partial charge in [-0.25, -0.2) is 9.97 Å². The van der Waals surface area contributed by atoms with Crippen LogP contribution in [0.4, 0.5) is 0 Å².